The molecule has 21 heavy (non-hydrogen) atoms. The second kappa shape index (κ2) is 13.2. The molecule has 0 fully saturated rings. The van der Waals surface area contributed by atoms with E-state index in [0.29, 0.717) is 12.4 Å². The van der Waals surface area contributed by atoms with Gasteiger partial charge < -0.3 is 14.4 Å². The third-order valence-corrected chi connectivity index (χ3v) is 2.40. The molecule has 0 spiro atoms. The lowest BCUT2D eigenvalue weighted by molar-refractivity contribution is -0.141. The molecule has 0 saturated carbocycles. The Morgan fingerprint density at radius 1 is 1.19 bits per heavy atom. The Labute approximate surface area is 128 Å². The summed E-state index contributed by atoms with van der Waals surface area (Å²) in [5.41, 5.74) is 0.641. The lowest BCUT2D eigenvalue weighted by atomic mass is 10.3. The monoisotopic (exact) mass is 300 g/mol. The van der Waals surface area contributed by atoms with Crippen LogP contribution in [0.25, 0.3) is 0 Å². The molecule has 0 aromatic carbocycles. The van der Waals surface area contributed by atoms with Gasteiger partial charge in [-0.3, -0.25) is 4.90 Å². The first-order valence-electron chi connectivity index (χ1n) is 6.81. The molecule has 0 aliphatic carbocycles. The number of likely N-dealkylation sites (N-methyl/N-ethyl adjacent to an activating group) is 1. The average molecular weight is 300 g/mol. The van der Waals surface area contributed by atoms with E-state index in [4.69, 9.17) is 0 Å². The van der Waals surface area contributed by atoms with Crippen LogP contribution in [0.15, 0.2) is 24.4 Å². The number of methoxy groups -OCH3 is 1. The summed E-state index contributed by atoms with van der Waals surface area (Å²) in [5.74, 6) is -0.648. The molecule has 122 valence electrons. The Morgan fingerprint density at radius 2 is 1.71 bits per heavy atom. The highest BCUT2D eigenvalue weighted by Crippen LogP contribution is 2.04. The fourth-order valence-electron chi connectivity index (χ4n) is 1.35. The molecular weight excluding hydrogens is 272 g/mol. The van der Waals surface area contributed by atoms with E-state index in [1.165, 1.54) is 7.11 Å². The highest BCUT2D eigenvalue weighted by atomic mass is 16.5. The summed E-state index contributed by atoms with van der Waals surface area (Å²) < 4.78 is 9.26. The van der Waals surface area contributed by atoms with Crippen molar-refractivity contribution in [1.82, 2.24) is 9.80 Å². The third kappa shape index (κ3) is 10.6. The van der Waals surface area contributed by atoms with Crippen LogP contribution >= 0.6 is 0 Å². The maximum absolute atomic E-state index is 11.2. The topological polar surface area (TPSA) is 59.1 Å². The van der Waals surface area contributed by atoms with E-state index in [0.717, 1.165) is 19.2 Å². The summed E-state index contributed by atoms with van der Waals surface area (Å²) in [6, 6.07) is 0. The molecule has 0 radical (unpaired) electrons. The Balaban J connectivity index is 0. The zero-order chi connectivity index (χ0) is 16.8. The lowest BCUT2D eigenvalue weighted by Gasteiger charge is -2.21. The van der Waals surface area contributed by atoms with Crippen molar-refractivity contribution in [3.05, 3.63) is 24.4 Å². The first kappa shape index (κ1) is 21.5. The maximum Gasteiger partial charge on any atom is 0.353 e. The van der Waals surface area contributed by atoms with Crippen molar-refractivity contribution in [2.24, 2.45) is 0 Å². The smallest absolute Gasteiger partial charge is 0.353 e. The zero-order valence-corrected chi connectivity index (χ0v) is 14.0. The Kier molecular flexibility index (Phi) is 13.5. The number of rotatable bonds is 7. The van der Waals surface area contributed by atoms with Crippen molar-refractivity contribution in [2.45, 2.75) is 20.8 Å². The van der Waals surface area contributed by atoms with Crippen LogP contribution in [0, 0.1) is 0 Å². The first-order chi connectivity index (χ1) is 9.87. The number of nitrogens with zero attached hydrogens (tertiary/aromatic N) is 2. The minimum absolute atomic E-state index is 0.263. The fraction of sp³-hybridized carbons (Fsp3) is 0.600. The van der Waals surface area contributed by atoms with Crippen molar-refractivity contribution in [2.75, 3.05) is 41.0 Å². The quantitative estimate of drug-likeness (QED) is 0.405. The Hall–Kier alpha value is -1.82. The molecular formula is C15H28N2O4. The van der Waals surface area contributed by atoms with Crippen LogP contribution < -0.4 is 0 Å². The molecule has 6 nitrogen and oxygen atoms in total. The van der Waals surface area contributed by atoms with Crippen molar-refractivity contribution >= 4 is 11.9 Å². The SMILES string of the molecule is C=CC(=O)OCN(C)C.CC=C(C(=O)OC)N(CC)CC. The van der Waals surface area contributed by atoms with Crippen molar-refractivity contribution in [1.29, 1.82) is 0 Å². The van der Waals surface area contributed by atoms with Gasteiger partial charge in [0, 0.05) is 19.2 Å². The molecule has 0 aromatic heterocycles. The predicted octanol–water partition coefficient (Wildman–Crippen LogP) is 1.64. The molecule has 0 bridgehead atoms. The van der Waals surface area contributed by atoms with E-state index in [1.54, 1.807) is 11.0 Å². The number of hydrogen-bond donors (Lipinski definition) is 0. The number of hydrogen-bond acceptors (Lipinski definition) is 6. The molecule has 0 amide bonds. The summed E-state index contributed by atoms with van der Waals surface area (Å²) in [4.78, 5) is 25.2. The third-order valence-electron chi connectivity index (χ3n) is 2.40. The van der Waals surface area contributed by atoms with Gasteiger partial charge in [-0.2, -0.15) is 0 Å². The predicted molar refractivity (Wildman–Crippen MR) is 83.5 cm³/mol. The summed E-state index contributed by atoms with van der Waals surface area (Å²) in [6.45, 7) is 11.1. The van der Waals surface area contributed by atoms with Crippen LogP contribution in [0.5, 0.6) is 0 Å². The second-order valence-electron chi connectivity index (χ2n) is 4.21. The van der Waals surface area contributed by atoms with E-state index in [9.17, 15) is 9.59 Å². The molecule has 0 aliphatic heterocycles. The summed E-state index contributed by atoms with van der Waals surface area (Å²) in [6.07, 6.45) is 2.92. The van der Waals surface area contributed by atoms with Gasteiger partial charge in [0.1, 0.15) is 12.4 Å². The highest BCUT2D eigenvalue weighted by Gasteiger charge is 2.13. The molecule has 0 saturated heterocycles. The van der Waals surface area contributed by atoms with Gasteiger partial charge in [0.15, 0.2) is 0 Å². The van der Waals surface area contributed by atoms with Crippen molar-refractivity contribution in [3.63, 3.8) is 0 Å². The van der Waals surface area contributed by atoms with Gasteiger partial charge >= 0.3 is 11.9 Å². The van der Waals surface area contributed by atoms with Crippen LogP contribution in [0.3, 0.4) is 0 Å². The normalized spacial score (nSPS) is 10.3. The number of ether oxygens (including phenoxy) is 2. The van der Waals surface area contributed by atoms with E-state index in [2.05, 4.69) is 16.1 Å². The zero-order valence-electron chi connectivity index (χ0n) is 14.0. The molecule has 0 aliphatic rings. The Bertz CT molecular complexity index is 348. The van der Waals surface area contributed by atoms with Crippen LogP contribution in [0.1, 0.15) is 20.8 Å². The van der Waals surface area contributed by atoms with Crippen LogP contribution in [0.4, 0.5) is 0 Å². The Morgan fingerprint density at radius 3 is 2.00 bits per heavy atom. The fourth-order valence-corrected chi connectivity index (χ4v) is 1.35. The van der Waals surface area contributed by atoms with Gasteiger partial charge in [-0.15, -0.1) is 0 Å². The summed E-state index contributed by atoms with van der Waals surface area (Å²) >= 11 is 0. The number of allylic oxidation sites excluding steroid dienone is 1. The van der Waals surface area contributed by atoms with E-state index < -0.39 is 0 Å². The van der Waals surface area contributed by atoms with Gasteiger partial charge in [0.25, 0.3) is 0 Å². The van der Waals surface area contributed by atoms with Crippen molar-refractivity contribution < 1.29 is 19.1 Å². The van der Waals surface area contributed by atoms with Crippen LogP contribution in [-0.4, -0.2) is 62.8 Å². The number of esters is 2. The minimum Gasteiger partial charge on any atom is -0.464 e. The molecule has 0 heterocycles. The van der Waals surface area contributed by atoms with Gasteiger partial charge in [-0.25, -0.2) is 9.59 Å². The van der Waals surface area contributed by atoms with Gasteiger partial charge in [-0.1, -0.05) is 12.7 Å². The molecule has 0 aromatic rings. The number of carbonyl (C=O) groups is 2. The lowest BCUT2D eigenvalue weighted by Crippen LogP contribution is -2.27. The highest BCUT2D eigenvalue weighted by molar-refractivity contribution is 5.87. The number of carbonyl (C=O) groups excluding carboxylic acids is 2. The van der Waals surface area contributed by atoms with E-state index in [1.807, 2.05) is 39.8 Å². The first-order valence-corrected chi connectivity index (χ1v) is 6.81. The molecule has 6 heteroatoms. The summed E-state index contributed by atoms with van der Waals surface area (Å²) in [5, 5.41) is 0. The van der Waals surface area contributed by atoms with Crippen LogP contribution in [0.2, 0.25) is 0 Å². The van der Waals surface area contributed by atoms with Gasteiger partial charge in [0.05, 0.1) is 7.11 Å². The average Bonchev–Trinajstić information content (AvgIpc) is 2.49. The molecule has 0 atom stereocenters. The van der Waals surface area contributed by atoms with Gasteiger partial charge in [-0.05, 0) is 34.9 Å². The van der Waals surface area contributed by atoms with Gasteiger partial charge in [0.2, 0.25) is 0 Å². The molecule has 0 rings (SSSR count). The molecule has 0 unspecified atom stereocenters. The van der Waals surface area contributed by atoms with Crippen LogP contribution in [-0.2, 0) is 19.1 Å². The summed E-state index contributed by atoms with van der Waals surface area (Å²) in [7, 11) is 5.03. The maximum atomic E-state index is 11.2. The second-order valence-corrected chi connectivity index (χ2v) is 4.21. The van der Waals surface area contributed by atoms with Crippen molar-refractivity contribution in [3.8, 4) is 0 Å². The molecule has 0 N–H and O–H groups in total. The largest absolute Gasteiger partial charge is 0.464 e. The standard InChI is InChI=1S/C9H17NO2.C6H11NO2/c1-5-8(9(11)12-4)10(6-2)7-3;1-4-6(8)9-5-7(2)3/h5H,6-7H2,1-4H3;4H,1,5H2,2-3H3. The van der Waals surface area contributed by atoms with E-state index in [-0.39, 0.29) is 11.9 Å². The van der Waals surface area contributed by atoms with E-state index >= 15 is 0 Å². The minimum atomic E-state index is -0.385.